The van der Waals surface area contributed by atoms with Crippen LogP contribution in [0.5, 0.6) is 0 Å². The van der Waals surface area contributed by atoms with E-state index in [2.05, 4.69) is 4.90 Å². The summed E-state index contributed by atoms with van der Waals surface area (Å²) in [5, 5.41) is 16.8. The Morgan fingerprint density at radius 1 is 1.23 bits per heavy atom. The molecule has 0 spiro atoms. The molecule has 0 saturated carbocycles. The minimum absolute atomic E-state index is 0.128. The summed E-state index contributed by atoms with van der Waals surface area (Å²) in [6.45, 7) is 5.95. The Morgan fingerprint density at radius 2 is 1.77 bits per heavy atom. The molecule has 0 aliphatic carbocycles. The molecular formula is C10H13N3. The van der Waals surface area contributed by atoms with Gasteiger partial charge >= 0.3 is 0 Å². The lowest BCUT2D eigenvalue weighted by atomic mass is 10.3. The van der Waals surface area contributed by atoms with E-state index in [9.17, 15) is 0 Å². The number of nitrogens with zero attached hydrogens (tertiary/aromatic N) is 3. The zero-order valence-corrected chi connectivity index (χ0v) is 7.99. The van der Waals surface area contributed by atoms with Crippen molar-refractivity contribution in [3.05, 3.63) is 23.9 Å². The molecule has 3 heteroatoms. The molecule has 0 saturated heterocycles. The quantitative estimate of drug-likeness (QED) is 0.483. The summed E-state index contributed by atoms with van der Waals surface area (Å²) in [7, 11) is 0. The molecule has 0 rings (SSSR count). The minimum atomic E-state index is 0.128. The highest BCUT2D eigenvalue weighted by molar-refractivity contribution is 5.37. The van der Waals surface area contributed by atoms with Gasteiger partial charge in [0, 0.05) is 13.1 Å². The molecule has 13 heavy (non-hydrogen) atoms. The second kappa shape index (κ2) is 6.94. The van der Waals surface area contributed by atoms with Gasteiger partial charge in [-0.05, 0) is 32.2 Å². The minimum Gasteiger partial charge on any atom is -0.378 e. The first-order valence-electron chi connectivity index (χ1n) is 4.21. The Morgan fingerprint density at radius 3 is 2.15 bits per heavy atom. The van der Waals surface area contributed by atoms with Gasteiger partial charge < -0.3 is 4.90 Å². The van der Waals surface area contributed by atoms with Gasteiger partial charge in [0.05, 0.1) is 0 Å². The highest BCUT2D eigenvalue weighted by Gasteiger charge is 1.89. The maximum Gasteiger partial charge on any atom is 0.129 e. The molecule has 0 bridgehead atoms. The third-order valence-corrected chi connectivity index (χ3v) is 1.61. The smallest absolute Gasteiger partial charge is 0.129 e. The van der Waals surface area contributed by atoms with Crippen molar-refractivity contribution in [1.82, 2.24) is 4.90 Å². The van der Waals surface area contributed by atoms with Crippen LogP contribution in [0.4, 0.5) is 0 Å². The summed E-state index contributed by atoms with van der Waals surface area (Å²) >= 11 is 0. The third-order valence-electron chi connectivity index (χ3n) is 1.61. The topological polar surface area (TPSA) is 50.8 Å². The van der Waals surface area contributed by atoms with Crippen molar-refractivity contribution in [2.45, 2.75) is 13.8 Å². The van der Waals surface area contributed by atoms with E-state index >= 15 is 0 Å². The van der Waals surface area contributed by atoms with Crippen LogP contribution < -0.4 is 0 Å². The molecule has 68 valence electrons. The largest absolute Gasteiger partial charge is 0.378 e. The standard InChI is InChI=1S/C10H13N3/c1-3-13(4-2)7-5-6-10(8-11)9-12/h5-7H,3-4H2,1-2H3/b7-5-. The van der Waals surface area contributed by atoms with Crippen molar-refractivity contribution >= 4 is 0 Å². The van der Waals surface area contributed by atoms with Crippen molar-refractivity contribution in [2.24, 2.45) is 0 Å². The molecule has 0 aliphatic heterocycles. The molecule has 0 amide bonds. The van der Waals surface area contributed by atoms with Gasteiger partial charge in [0.1, 0.15) is 17.7 Å². The Labute approximate surface area is 79.2 Å². The summed E-state index contributed by atoms with van der Waals surface area (Å²) < 4.78 is 0. The molecule has 0 aromatic carbocycles. The van der Waals surface area contributed by atoms with Crippen molar-refractivity contribution < 1.29 is 0 Å². The van der Waals surface area contributed by atoms with Crippen molar-refractivity contribution in [3.63, 3.8) is 0 Å². The lowest BCUT2D eigenvalue weighted by molar-refractivity contribution is 0.419. The predicted molar refractivity (Wildman–Crippen MR) is 51.4 cm³/mol. The van der Waals surface area contributed by atoms with Crippen LogP contribution in [0.1, 0.15) is 13.8 Å². The first-order chi connectivity index (χ1) is 6.28. The monoisotopic (exact) mass is 175 g/mol. The second-order valence-electron chi connectivity index (χ2n) is 2.37. The molecule has 0 N–H and O–H groups in total. The van der Waals surface area contributed by atoms with Crippen LogP contribution in [0.15, 0.2) is 23.9 Å². The Hall–Kier alpha value is -1.74. The fraction of sp³-hybridized carbons (Fsp3) is 0.400. The van der Waals surface area contributed by atoms with Crippen LogP contribution in [0.3, 0.4) is 0 Å². The van der Waals surface area contributed by atoms with Crippen molar-refractivity contribution in [3.8, 4) is 12.1 Å². The van der Waals surface area contributed by atoms with Crippen LogP contribution in [0.25, 0.3) is 0 Å². The predicted octanol–water partition coefficient (Wildman–Crippen LogP) is 1.82. The van der Waals surface area contributed by atoms with E-state index in [4.69, 9.17) is 10.5 Å². The van der Waals surface area contributed by atoms with E-state index in [0.29, 0.717) is 0 Å². The van der Waals surface area contributed by atoms with E-state index in [-0.39, 0.29) is 5.57 Å². The molecule has 0 unspecified atom stereocenters. The molecule has 0 fully saturated rings. The molecule has 0 radical (unpaired) electrons. The van der Waals surface area contributed by atoms with Gasteiger partial charge in [0.25, 0.3) is 0 Å². The first kappa shape index (κ1) is 11.3. The van der Waals surface area contributed by atoms with Gasteiger partial charge in [-0.1, -0.05) is 0 Å². The molecule has 0 atom stereocenters. The van der Waals surface area contributed by atoms with Gasteiger partial charge in [0.2, 0.25) is 0 Å². The Kier molecular flexibility index (Phi) is 6.01. The van der Waals surface area contributed by atoms with Gasteiger partial charge in [-0.3, -0.25) is 0 Å². The maximum absolute atomic E-state index is 8.42. The van der Waals surface area contributed by atoms with Crippen LogP contribution in [-0.4, -0.2) is 18.0 Å². The van der Waals surface area contributed by atoms with Crippen molar-refractivity contribution in [2.75, 3.05) is 13.1 Å². The summed E-state index contributed by atoms with van der Waals surface area (Å²) in [6.07, 6.45) is 5.10. The second-order valence-corrected chi connectivity index (χ2v) is 2.37. The van der Waals surface area contributed by atoms with E-state index in [1.54, 1.807) is 18.2 Å². The van der Waals surface area contributed by atoms with Crippen LogP contribution >= 0.6 is 0 Å². The zero-order valence-electron chi connectivity index (χ0n) is 7.99. The van der Waals surface area contributed by atoms with E-state index in [1.165, 1.54) is 6.08 Å². The van der Waals surface area contributed by atoms with Crippen LogP contribution in [-0.2, 0) is 0 Å². The highest BCUT2D eigenvalue weighted by Crippen LogP contribution is 1.92. The summed E-state index contributed by atoms with van der Waals surface area (Å²) in [4.78, 5) is 2.07. The SMILES string of the molecule is CCN(/C=C\C=C(C#N)C#N)CC. The highest BCUT2D eigenvalue weighted by atomic mass is 15.1. The van der Waals surface area contributed by atoms with E-state index in [0.717, 1.165) is 13.1 Å². The van der Waals surface area contributed by atoms with Gasteiger partial charge in [-0.25, -0.2) is 0 Å². The lowest BCUT2D eigenvalue weighted by Gasteiger charge is -2.13. The Balaban J connectivity index is 4.22. The third kappa shape index (κ3) is 4.66. The van der Waals surface area contributed by atoms with E-state index < -0.39 is 0 Å². The van der Waals surface area contributed by atoms with E-state index in [1.807, 2.05) is 20.0 Å². The molecule has 0 aromatic rings. The normalized spacial score (nSPS) is 8.92. The number of nitriles is 2. The number of rotatable bonds is 4. The Bertz CT molecular complexity index is 256. The number of hydrogen-bond donors (Lipinski definition) is 0. The molecular weight excluding hydrogens is 162 g/mol. The van der Waals surface area contributed by atoms with Crippen LogP contribution in [0.2, 0.25) is 0 Å². The maximum atomic E-state index is 8.42. The summed E-state index contributed by atoms with van der Waals surface area (Å²) in [5.74, 6) is 0. The molecule has 0 aliphatic rings. The number of allylic oxidation sites excluding steroid dienone is 3. The summed E-state index contributed by atoms with van der Waals surface area (Å²) in [5.41, 5.74) is 0.128. The average molecular weight is 175 g/mol. The molecule has 0 heterocycles. The average Bonchev–Trinajstić information content (AvgIpc) is 2.19. The first-order valence-corrected chi connectivity index (χ1v) is 4.21. The van der Waals surface area contributed by atoms with Gasteiger partial charge in [0.15, 0.2) is 0 Å². The number of hydrogen-bond acceptors (Lipinski definition) is 3. The van der Waals surface area contributed by atoms with Gasteiger partial charge in [-0.2, -0.15) is 10.5 Å². The summed E-state index contributed by atoms with van der Waals surface area (Å²) in [6, 6.07) is 3.58. The molecule has 3 nitrogen and oxygen atoms in total. The molecule has 0 aromatic heterocycles. The fourth-order valence-electron chi connectivity index (χ4n) is 0.795. The van der Waals surface area contributed by atoms with Crippen molar-refractivity contribution in [1.29, 1.82) is 10.5 Å². The lowest BCUT2D eigenvalue weighted by Crippen LogP contribution is -2.14. The zero-order chi connectivity index (χ0) is 10.1. The van der Waals surface area contributed by atoms with Crippen LogP contribution in [0, 0.1) is 22.7 Å². The van der Waals surface area contributed by atoms with Gasteiger partial charge in [-0.15, -0.1) is 0 Å². The fourth-order valence-corrected chi connectivity index (χ4v) is 0.795.